The van der Waals surface area contributed by atoms with Gasteiger partial charge in [0.1, 0.15) is 5.60 Å². The van der Waals surface area contributed by atoms with Gasteiger partial charge in [-0.3, -0.25) is 4.79 Å². The molecular weight excluding hydrogens is 360 g/mol. The fourth-order valence-corrected chi connectivity index (χ4v) is 2.83. The van der Waals surface area contributed by atoms with Crippen LogP contribution in [-0.4, -0.2) is 35.1 Å². The molecule has 126 valence electrons. The molecule has 1 atom stereocenters. The van der Waals surface area contributed by atoms with Crippen LogP contribution in [0, 0.1) is 0 Å². The van der Waals surface area contributed by atoms with E-state index in [-0.39, 0.29) is 24.5 Å². The molecule has 6 heteroatoms. The summed E-state index contributed by atoms with van der Waals surface area (Å²) in [5, 5.41) is 2.87. The number of ether oxygens (including phenoxy) is 1. The highest BCUT2D eigenvalue weighted by Crippen LogP contribution is 2.23. The first kappa shape index (κ1) is 17.8. The highest BCUT2D eigenvalue weighted by atomic mass is 79.9. The second kappa shape index (κ2) is 7.34. The molecule has 2 rings (SSSR count). The number of hydrogen-bond donors (Lipinski definition) is 1. The van der Waals surface area contributed by atoms with Gasteiger partial charge in [0.25, 0.3) is 0 Å². The van der Waals surface area contributed by atoms with Gasteiger partial charge in [0, 0.05) is 29.2 Å². The van der Waals surface area contributed by atoms with Crippen LogP contribution in [0.4, 0.5) is 10.5 Å². The Bertz CT molecular complexity index is 566. The van der Waals surface area contributed by atoms with E-state index in [1.807, 2.05) is 45.0 Å². The van der Waals surface area contributed by atoms with E-state index in [1.54, 1.807) is 4.90 Å². The van der Waals surface area contributed by atoms with Gasteiger partial charge in [-0.2, -0.15) is 0 Å². The topological polar surface area (TPSA) is 58.6 Å². The minimum Gasteiger partial charge on any atom is -0.444 e. The van der Waals surface area contributed by atoms with Crippen LogP contribution in [0.15, 0.2) is 28.7 Å². The quantitative estimate of drug-likeness (QED) is 0.852. The summed E-state index contributed by atoms with van der Waals surface area (Å²) >= 11 is 3.36. The third kappa shape index (κ3) is 5.53. The highest BCUT2D eigenvalue weighted by Gasteiger charge is 2.33. The summed E-state index contributed by atoms with van der Waals surface area (Å²) in [6.45, 7) is 6.17. The van der Waals surface area contributed by atoms with Crippen molar-refractivity contribution in [3.8, 4) is 0 Å². The van der Waals surface area contributed by atoms with Gasteiger partial charge in [0.05, 0.1) is 0 Å². The van der Waals surface area contributed by atoms with Crippen LogP contribution in [0.2, 0.25) is 0 Å². The second-order valence-electron chi connectivity index (χ2n) is 6.73. The van der Waals surface area contributed by atoms with E-state index in [0.29, 0.717) is 6.54 Å². The molecule has 0 saturated carbocycles. The Morgan fingerprint density at radius 1 is 1.30 bits per heavy atom. The molecule has 0 spiro atoms. The first-order valence-corrected chi connectivity index (χ1v) is 8.59. The number of rotatable bonds is 3. The Labute approximate surface area is 145 Å². The molecule has 1 aliphatic heterocycles. The number of anilines is 1. The lowest BCUT2D eigenvalue weighted by Gasteiger charge is -2.28. The van der Waals surface area contributed by atoms with Crippen molar-refractivity contribution in [3.63, 3.8) is 0 Å². The van der Waals surface area contributed by atoms with Crippen molar-refractivity contribution >= 4 is 33.6 Å². The van der Waals surface area contributed by atoms with Crippen LogP contribution in [0.25, 0.3) is 0 Å². The summed E-state index contributed by atoms with van der Waals surface area (Å²) in [6.07, 6.45) is 1.68. The van der Waals surface area contributed by atoms with Crippen molar-refractivity contribution in [3.05, 3.63) is 28.7 Å². The molecule has 1 aliphatic rings. The number of benzene rings is 1. The van der Waals surface area contributed by atoms with Gasteiger partial charge in [-0.15, -0.1) is 0 Å². The van der Waals surface area contributed by atoms with Gasteiger partial charge in [-0.25, -0.2) is 4.79 Å². The molecular formula is C17H23BrN2O3. The van der Waals surface area contributed by atoms with E-state index in [9.17, 15) is 9.59 Å². The summed E-state index contributed by atoms with van der Waals surface area (Å²) < 4.78 is 6.38. The zero-order chi connectivity index (χ0) is 17.0. The Balaban J connectivity index is 1.91. The van der Waals surface area contributed by atoms with Crippen molar-refractivity contribution in [2.75, 3.05) is 11.9 Å². The van der Waals surface area contributed by atoms with E-state index in [0.717, 1.165) is 23.0 Å². The predicted octanol–water partition coefficient (Wildman–Crippen LogP) is 4.18. The van der Waals surface area contributed by atoms with E-state index < -0.39 is 5.60 Å². The Morgan fingerprint density at radius 2 is 1.96 bits per heavy atom. The molecule has 0 aliphatic carbocycles. The summed E-state index contributed by atoms with van der Waals surface area (Å²) in [5.41, 5.74) is 0.226. The van der Waals surface area contributed by atoms with E-state index in [2.05, 4.69) is 21.2 Å². The second-order valence-corrected chi connectivity index (χ2v) is 7.64. The van der Waals surface area contributed by atoms with E-state index in [4.69, 9.17) is 4.74 Å². The SMILES string of the molecule is CC(C)(C)OC(=O)N1CCCC1CC(=O)Nc1ccc(Br)cc1. The maximum atomic E-state index is 12.2. The van der Waals surface area contributed by atoms with Crippen LogP contribution >= 0.6 is 15.9 Å². The Hall–Kier alpha value is -1.56. The monoisotopic (exact) mass is 382 g/mol. The van der Waals surface area contributed by atoms with Crippen LogP contribution < -0.4 is 5.32 Å². The summed E-state index contributed by atoms with van der Waals surface area (Å²) in [7, 11) is 0. The van der Waals surface area contributed by atoms with Crippen molar-refractivity contribution in [2.24, 2.45) is 0 Å². The smallest absolute Gasteiger partial charge is 0.410 e. The number of carbonyl (C=O) groups is 2. The molecule has 2 amide bonds. The number of amides is 2. The van der Waals surface area contributed by atoms with Gasteiger partial charge in [0.15, 0.2) is 0 Å². The van der Waals surface area contributed by atoms with E-state index >= 15 is 0 Å². The highest BCUT2D eigenvalue weighted by molar-refractivity contribution is 9.10. The number of halogens is 1. The zero-order valence-corrected chi connectivity index (χ0v) is 15.4. The van der Waals surface area contributed by atoms with Crippen molar-refractivity contribution in [1.29, 1.82) is 0 Å². The lowest BCUT2D eigenvalue weighted by atomic mass is 10.1. The molecule has 1 saturated heterocycles. The Morgan fingerprint density at radius 3 is 2.57 bits per heavy atom. The van der Waals surface area contributed by atoms with Crippen molar-refractivity contribution in [2.45, 2.75) is 51.7 Å². The molecule has 1 unspecified atom stereocenters. The fourth-order valence-electron chi connectivity index (χ4n) is 2.57. The molecule has 23 heavy (non-hydrogen) atoms. The maximum Gasteiger partial charge on any atom is 0.410 e. The first-order chi connectivity index (χ1) is 10.7. The number of nitrogens with one attached hydrogen (secondary N) is 1. The van der Waals surface area contributed by atoms with Crippen LogP contribution in [0.3, 0.4) is 0 Å². The molecule has 1 aromatic rings. The number of likely N-dealkylation sites (tertiary alicyclic amines) is 1. The molecule has 1 aromatic carbocycles. The van der Waals surface area contributed by atoms with Crippen molar-refractivity contribution in [1.82, 2.24) is 4.90 Å². The van der Waals surface area contributed by atoms with E-state index in [1.165, 1.54) is 0 Å². The molecule has 0 bridgehead atoms. The predicted molar refractivity (Wildman–Crippen MR) is 93.4 cm³/mol. The minimum absolute atomic E-state index is 0.0900. The standard InChI is InChI=1S/C17H23BrN2O3/c1-17(2,3)23-16(22)20-10-4-5-14(20)11-15(21)19-13-8-6-12(18)7-9-13/h6-9,14H,4-5,10-11H2,1-3H3,(H,19,21). The van der Waals surface area contributed by atoms with Gasteiger partial charge in [-0.05, 0) is 57.9 Å². The van der Waals surface area contributed by atoms with Gasteiger partial charge < -0.3 is 15.0 Å². The van der Waals surface area contributed by atoms with Gasteiger partial charge >= 0.3 is 6.09 Å². The molecule has 1 fully saturated rings. The molecule has 1 heterocycles. The fraction of sp³-hybridized carbons (Fsp3) is 0.529. The average Bonchev–Trinajstić information content (AvgIpc) is 2.87. The van der Waals surface area contributed by atoms with Gasteiger partial charge in [-0.1, -0.05) is 15.9 Å². The molecule has 0 aromatic heterocycles. The maximum absolute atomic E-state index is 12.2. The lowest BCUT2D eigenvalue weighted by Crippen LogP contribution is -2.41. The van der Waals surface area contributed by atoms with Crippen LogP contribution in [0.5, 0.6) is 0 Å². The third-order valence-corrected chi connectivity index (χ3v) is 4.08. The molecule has 1 N–H and O–H groups in total. The number of carbonyl (C=O) groups excluding carboxylic acids is 2. The number of nitrogens with zero attached hydrogens (tertiary/aromatic N) is 1. The summed E-state index contributed by atoms with van der Waals surface area (Å²) in [5.74, 6) is -0.0900. The zero-order valence-electron chi connectivity index (χ0n) is 13.8. The molecule has 0 radical (unpaired) electrons. The van der Waals surface area contributed by atoms with Crippen molar-refractivity contribution < 1.29 is 14.3 Å². The number of hydrogen-bond acceptors (Lipinski definition) is 3. The third-order valence-electron chi connectivity index (χ3n) is 3.55. The minimum atomic E-state index is -0.524. The van der Waals surface area contributed by atoms with Crippen LogP contribution in [-0.2, 0) is 9.53 Å². The van der Waals surface area contributed by atoms with Gasteiger partial charge in [0.2, 0.25) is 5.91 Å². The van der Waals surface area contributed by atoms with Crippen LogP contribution in [0.1, 0.15) is 40.0 Å². The normalized spacial score (nSPS) is 17.9. The largest absolute Gasteiger partial charge is 0.444 e. The molecule has 5 nitrogen and oxygen atoms in total. The summed E-state index contributed by atoms with van der Waals surface area (Å²) in [4.78, 5) is 26.1. The average molecular weight is 383 g/mol. The lowest BCUT2D eigenvalue weighted by molar-refractivity contribution is -0.117. The first-order valence-electron chi connectivity index (χ1n) is 7.79. The summed E-state index contributed by atoms with van der Waals surface area (Å²) in [6, 6.07) is 7.32. The Kier molecular flexibility index (Phi) is 5.68.